The molecule has 0 fully saturated rings. The van der Waals surface area contributed by atoms with E-state index in [0.717, 1.165) is 33.0 Å². The summed E-state index contributed by atoms with van der Waals surface area (Å²) in [5.41, 5.74) is 7.28. The summed E-state index contributed by atoms with van der Waals surface area (Å²) in [6, 6.07) is 7.53. The Balaban J connectivity index is 1.77. The molecule has 0 atom stereocenters. The summed E-state index contributed by atoms with van der Waals surface area (Å²) in [5, 5.41) is 6.52. The highest BCUT2D eigenvalue weighted by Gasteiger charge is 2.10. The summed E-state index contributed by atoms with van der Waals surface area (Å²) in [6.45, 7) is 4.41. The van der Waals surface area contributed by atoms with Gasteiger partial charge in [-0.25, -0.2) is 9.97 Å². The Bertz CT molecular complexity index is 891. The third-order valence-electron chi connectivity index (χ3n) is 3.47. The number of anilines is 1. The van der Waals surface area contributed by atoms with Crippen molar-refractivity contribution in [3.8, 4) is 5.75 Å². The Labute approximate surface area is 143 Å². The van der Waals surface area contributed by atoms with Crippen LogP contribution in [0.15, 0.2) is 29.6 Å². The van der Waals surface area contributed by atoms with Crippen molar-refractivity contribution in [2.45, 2.75) is 20.4 Å². The molecule has 0 aliphatic rings. The quantitative estimate of drug-likeness (QED) is 0.719. The van der Waals surface area contributed by atoms with Crippen LogP contribution in [0.1, 0.15) is 17.0 Å². The highest BCUT2D eigenvalue weighted by Crippen LogP contribution is 2.29. The SMILES string of the molecule is Cc1nc(NCc2cccc(OCC(N)=O)c2)c2c(C)csc2n1. The first-order valence-electron chi connectivity index (χ1n) is 7.49. The summed E-state index contributed by atoms with van der Waals surface area (Å²) < 4.78 is 5.33. The van der Waals surface area contributed by atoms with Crippen LogP contribution < -0.4 is 15.8 Å². The molecule has 0 bridgehead atoms. The fourth-order valence-corrected chi connectivity index (χ4v) is 3.37. The van der Waals surface area contributed by atoms with E-state index < -0.39 is 5.91 Å². The predicted octanol–water partition coefficient (Wildman–Crippen LogP) is 2.78. The Kier molecular flexibility index (Phi) is 4.61. The third-order valence-corrected chi connectivity index (χ3v) is 4.46. The average Bonchev–Trinajstić information content (AvgIpc) is 2.92. The van der Waals surface area contributed by atoms with Crippen LogP contribution in [0.25, 0.3) is 10.2 Å². The normalized spacial score (nSPS) is 10.8. The van der Waals surface area contributed by atoms with E-state index in [0.29, 0.717) is 12.3 Å². The molecule has 0 radical (unpaired) electrons. The molecular weight excluding hydrogens is 324 g/mol. The minimum absolute atomic E-state index is 0.128. The number of fused-ring (bicyclic) bond motifs is 1. The number of ether oxygens (including phenoxy) is 1. The Morgan fingerprint density at radius 1 is 1.33 bits per heavy atom. The first-order chi connectivity index (χ1) is 11.5. The van der Waals surface area contributed by atoms with Gasteiger partial charge in [-0.05, 0) is 42.5 Å². The second-order valence-corrected chi connectivity index (χ2v) is 6.33. The van der Waals surface area contributed by atoms with Gasteiger partial charge in [0.25, 0.3) is 5.91 Å². The predicted molar refractivity (Wildman–Crippen MR) is 95.3 cm³/mol. The van der Waals surface area contributed by atoms with E-state index in [1.807, 2.05) is 25.1 Å². The number of hydrogen-bond acceptors (Lipinski definition) is 6. The lowest BCUT2D eigenvalue weighted by molar-refractivity contribution is -0.119. The summed E-state index contributed by atoms with van der Waals surface area (Å²) in [6.07, 6.45) is 0. The number of carbonyl (C=O) groups excluding carboxylic acids is 1. The number of carbonyl (C=O) groups is 1. The molecule has 7 heteroatoms. The van der Waals surface area contributed by atoms with Crippen LogP contribution in [0.4, 0.5) is 5.82 Å². The number of amides is 1. The second kappa shape index (κ2) is 6.84. The topological polar surface area (TPSA) is 90.1 Å². The molecule has 0 spiro atoms. The van der Waals surface area contributed by atoms with E-state index in [-0.39, 0.29) is 6.61 Å². The molecule has 2 heterocycles. The van der Waals surface area contributed by atoms with Crippen molar-refractivity contribution in [1.82, 2.24) is 9.97 Å². The maximum absolute atomic E-state index is 10.8. The lowest BCUT2D eigenvalue weighted by Gasteiger charge is -2.10. The monoisotopic (exact) mass is 342 g/mol. The maximum atomic E-state index is 10.8. The standard InChI is InChI=1S/C17H18N4O2S/c1-10-9-24-17-15(10)16(20-11(2)21-17)19-7-12-4-3-5-13(6-12)23-8-14(18)22/h3-6,9H,7-8H2,1-2H3,(H2,18,22)(H,19,20,21). The van der Waals surface area contributed by atoms with E-state index in [1.165, 1.54) is 0 Å². The molecule has 2 aromatic heterocycles. The van der Waals surface area contributed by atoms with Crippen molar-refractivity contribution in [2.75, 3.05) is 11.9 Å². The smallest absolute Gasteiger partial charge is 0.255 e. The number of aromatic nitrogens is 2. The van der Waals surface area contributed by atoms with Crippen LogP contribution in [-0.4, -0.2) is 22.5 Å². The van der Waals surface area contributed by atoms with Crippen LogP contribution in [-0.2, 0) is 11.3 Å². The summed E-state index contributed by atoms with van der Waals surface area (Å²) >= 11 is 1.62. The molecule has 0 unspecified atom stereocenters. The van der Waals surface area contributed by atoms with Gasteiger partial charge in [-0.1, -0.05) is 12.1 Å². The van der Waals surface area contributed by atoms with Crippen molar-refractivity contribution in [1.29, 1.82) is 0 Å². The minimum atomic E-state index is -0.495. The molecule has 0 aliphatic heterocycles. The molecule has 1 amide bonds. The van der Waals surface area contributed by atoms with Crippen LogP contribution in [0.3, 0.4) is 0 Å². The fourth-order valence-electron chi connectivity index (χ4n) is 2.40. The first kappa shape index (κ1) is 16.2. The van der Waals surface area contributed by atoms with Crippen molar-refractivity contribution < 1.29 is 9.53 Å². The van der Waals surface area contributed by atoms with Crippen LogP contribution in [0, 0.1) is 13.8 Å². The van der Waals surface area contributed by atoms with Gasteiger partial charge in [-0.3, -0.25) is 4.79 Å². The molecule has 0 aliphatic carbocycles. The zero-order valence-electron chi connectivity index (χ0n) is 13.5. The summed E-state index contributed by atoms with van der Waals surface area (Å²) in [7, 11) is 0. The number of nitrogens with one attached hydrogen (secondary N) is 1. The third kappa shape index (κ3) is 3.62. The first-order valence-corrected chi connectivity index (χ1v) is 8.37. The molecule has 124 valence electrons. The molecule has 0 saturated carbocycles. The van der Waals surface area contributed by atoms with E-state index in [4.69, 9.17) is 10.5 Å². The summed E-state index contributed by atoms with van der Waals surface area (Å²) in [4.78, 5) is 20.8. The van der Waals surface area contributed by atoms with Gasteiger partial charge < -0.3 is 15.8 Å². The van der Waals surface area contributed by atoms with E-state index in [1.54, 1.807) is 17.4 Å². The molecule has 3 N–H and O–H groups in total. The molecular formula is C17H18N4O2S. The lowest BCUT2D eigenvalue weighted by atomic mass is 10.2. The Morgan fingerprint density at radius 3 is 2.96 bits per heavy atom. The highest BCUT2D eigenvalue weighted by molar-refractivity contribution is 7.17. The van der Waals surface area contributed by atoms with Gasteiger partial charge in [0.1, 0.15) is 22.2 Å². The van der Waals surface area contributed by atoms with Crippen LogP contribution in [0.2, 0.25) is 0 Å². The zero-order valence-corrected chi connectivity index (χ0v) is 14.3. The maximum Gasteiger partial charge on any atom is 0.255 e. The Morgan fingerprint density at radius 2 is 2.17 bits per heavy atom. The molecule has 3 rings (SSSR count). The van der Waals surface area contributed by atoms with Crippen LogP contribution >= 0.6 is 11.3 Å². The molecule has 6 nitrogen and oxygen atoms in total. The zero-order chi connectivity index (χ0) is 17.1. The Hall–Kier alpha value is -2.67. The van der Waals surface area contributed by atoms with Crippen molar-refractivity contribution in [2.24, 2.45) is 5.73 Å². The lowest BCUT2D eigenvalue weighted by Crippen LogP contribution is -2.20. The van der Waals surface area contributed by atoms with Crippen molar-refractivity contribution >= 4 is 33.3 Å². The highest BCUT2D eigenvalue weighted by atomic mass is 32.1. The van der Waals surface area contributed by atoms with Gasteiger partial charge in [0, 0.05) is 6.54 Å². The second-order valence-electron chi connectivity index (χ2n) is 5.47. The molecule has 3 aromatic rings. The van der Waals surface area contributed by atoms with Gasteiger partial charge in [0.15, 0.2) is 6.61 Å². The van der Waals surface area contributed by atoms with Gasteiger partial charge in [0.05, 0.1) is 5.39 Å². The van der Waals surface area contributed by atoms with Gasteiger partial charge in [-0.15, -0.1) is 11.3 Å². The van der Waals surface area contributed by atoms with Gasteiger partial charge >= 0.3 is 0 Å². The number of hydrogen-bond donors (Lipinski definition) is 2. The van der Waals surface area contributed by atoms with E-state index in [2.05, 4.69) is 27.6 Å². The van der Waals surface area contributed by atoms with Crippen LogP contribution in [0.5, 0.6) is 5.75 Å². The number of rotatable bonds is 6. The van der Waals surface area contributed by atoms with Crippen molar-refractivity contribution in [3.63, 3.8) is 0 Å². The molecule has 1 aromatic carbocycles. The van der Waals surface area contributed by atoms with E-state index in [9.17, 15) is 4.79 Å². The molecule has 24 heavy (non-hydrogen) atoms. The number of aryl methyl sites for hydroxylation is 2. The number of nitrogens with zero attached hydrogens (tertiary/aromatic N) is 2. The minimum Gasteiger partial charge on any atom is -0.484 e. The fraction of sp³-hybridized carbons (Fsp3) is 0.235. The molecule has 0 saturated heterocycles. The van der Waals surface area contributed by atoms with Gasteiger partial charge in [0.2, 0.25) is 0 Å². The number of nitrogens with two attached hydrogens (primary N) is 1. The van der Waals surface area contributed by atoms with Gasteiger partial charge in [-0.2, -0.15) is 0 Å². The largest absolute Gasteiger partial charge is 0.484 e. The van der Waals surface area contributed by atoms with E-state index >= 15 is 0 Å². The van der Waals surface area contributed by atoms with Crippen molar-refractivity contribution in [3.05, 3.63) is 46.6 Å². The number of thiophene rings is 1. The number of primary amides is 1. The number of benzene rings is 1. The average molecular weight is 342 g/mol. The summed E-state index contributed by atoms with van der Waals surface area (Å²) in [5.74, 6) is 1.69.